The van der Waals surface area contributed by atoms with E-state index in [2.05, 4.69) is 30.7 Å². The van der Waals surface area contributed by atoms with Crippen LogP contribution in [0, 0.1) is 34.1 Å². The third-order valence-electron chi connectivity index (χ3n) is 7.15. The van der Waals surface area contributed by atoms with E-state index in [1.807, 2.05) is 6.07 Å². The van der Waals surface area contributed by atoms with Crippen LogP contribution >= 0.6 is 0 Å². The van der Waals surface area contributed by atoms with Gasteiger partial charge in [-0.1, -0.05) is 54.0 Å². The molecule has 0 fully saturated rings. The molecule has 0 N–H and O–H groups in total. The van der Waals surface area contributed by atoms with Crippen molar-refractivity contribution in [2.24, 2.45) is 20.5 Å². The number of azo groups is 2. The van der Waals surface area contributed by atoms with Gasteiger partial charge in [-0.25, -0.2) is 17.8 Å². The summed E-state index contributed by atoms with van der Waals surface area (Å²) in [5.74, 6) is -3.07. The van der Waals surface area contributed by atoms with Gasteiger partial charge in [-0.2, -0.15) is 20.4 Å². The van der Waals surface area contributed by atoms with Crippen LogP contribution in [0.3, 0.4) is 0 Å². The zero-order valence-corrected chi connectivity index (χ0v) is 30.0. The maximum atomic E-state index is 12.5. The van der Waals surface area contributed by atoms with Gasteiger partial charge in [0.25, 0.3) is 11.4 Å². The second-order valence-electron chi connectivity index (χ2n) is 10.8. The third-order valence-corrected chi connectivity index (χ3v) is 7.99. The minimum atomic E-state index is -5.29. The zero-order valence-electron chi connectivity index (χ0n) is 29.9. The van der Waals surface area contributed by atoms with Crippen molar-refractivity contribution in [3.05, 3.63) is 123 Å². The molecule has 23 heteroatoms. The van der Waals surface area contributed by atoms with Crippen LogP contribution in [-0.4, -0.2) is 42.4 Å². The van der Waals surface area contributed by atoms with Crippen molar-refractivity contribution >= 4 is 44.2 Å². The largest absolute Gasteiger partial charge is 3.00 e. The number of benzene rings is 4. The molecule has 279 valence electrons. The molecule has 0 bridgehead atoms. The summed E-state index contributed by atoms with van der Waals surface area (Å²) in [6.45, 7) is 3.04. The van der Waals surface area contributed by atoms with Gasteiger partial charge in [-0.3, -0.25) is 20.2 Å². The zero-order chi connectivity index (χ0) is 39.3. The topological polar surface area (TPSA) is 321 Å². The molecule has 0 saturated heterocycles. The summed E-state index contributed by atoms with van der Waals surface area (Å²) in [7, 11) is -5.29. The molecule has 0 aliphatic heterocycles. The number of non-ortho nitro benzene ring substituents is 2. The first-order chi connectivity index (χ1) is 25.6. The Bertz CT molecular complexity index is 2580. The molecule has 2 heterocycles. The quantitative estimate of drug-likeness (QED) is 0.0845. The van der Waals surface area contributed by atoms with Crippen LogP contribution in [0.15, 0.2) is 116 Å². The van der Waals surface area contributed by atoms with E-state index in [0.717, 1.165) is 22.9 Å². The van der Waals surface area contributed by atoms with Gasteiger partial charge < -0.3 is 25.0 Å². The van der Waals surface area contributed by atoms with Crippen molar-refractivity contribution in [3.8, 4) is 34.6 Å². The number of hydrogen-bond donors (Lipinski definition) is 0. The molecule has 21 nitrogen and oxygen atoms in total. The average molecular weight is 808 g/mol. The number of aromatic nitrogens is 4. The van der Waals surface area contributed by atoms with Crippen molar-refractivity contribution in [2.45, 2.75) is 18.7 Å². The van der Waals surface area contributed by atoms with Crippen molar-refractivity contribution in [1.29, 1.82) is 0 Å². The van der Waals surface area contributed by atoms with Crippen LogP contribution in [0.4, 0.5) is 34.1 Å². The van der Waals surface area contributed by atoms with E-state index >= 15 is 0 Å². The van der Waals surface area contributed by atoms with E-state index in [-0.39, 0.29) is 48.7 Å². The fraction of sp³-hybridized carbons (Fsp3) is 0.0625. The van der Waals surface area contributed by atoms with Crippen molar-refractivity contribution < 1.29 is 63.5 Å². The summed E-state index contributed by atoms with van der Waals surface area (Å²) in [6, 6.07) is 21.2. The monoisotopic (exact) mass is 807 g/mol. The van der Waals surface area contributed by atoms with Crippen LogP contribution < -0.4 is 20.4 Å². The number of nitrogens with zero attached hydrogens (tertiary/aromatic N) is 10. The van der Waals surface area contributed by atoms with Gasteiger partial charge in [-0.15, -0.1) is 10.2 Å². The van der Waals surface area contributed by atoms with Gasteiger partial charge in [0.05, 0.1) is 48.9 Å². The van der Waals surface area contributed by atoms with Crippen LogP contribution in [0.5, 0.6) is 23.3 Å². The van der Waals surface area contributed by atoms with Crippen LogP contribution in [0.1, 0.15) is 14.2 Å². The fourth-order valence-corrected chi connectivity index (χ4v) is 5.16. The molecule has 0 amide bonds. The molecule has 2 aromatic heterocycles. The first-order valence-corrected chi connectivity index (χ1v) is 16.4. The fourth-order valence-electron chi connectivity index (χ4n) is 4.56. The molecule has 0 unspecified atom stereocenters. The summed E-state index contributed by atoms with van der Waals surface area (Å²) in [4.78, 5) is 18.8. The van der Waals surface area contributed by atoms with Gasteiger partial charge in [0.1, 0.15) is 21.5 Å². The van der Waals surface area contributed by atoms with Gasteiger partial charge in [0.2, 0.25) is 0 Å². The minimum absolute atomic E-state index is 0. The van der Waals surface area contributed by atoms with E-state index in [1.165, 1.54) is 11.6 Å². The average Bonchev–Trinajstić information content (AvgIpc) is 3.59. The summed E-state index contributed by atoms with van der Waals surface area (Å²) >= 11 is 0. The molecular weight excluding hydrogens is 784 g/mol. The van der Waals surface area contributed by atoms with E-state index in [0.29, 0.717) is 29.2 Å². The van der Waals surface area contributed by atoms with Gasteiger partial charge in [-0.05, 0) is 38.1 Å². The molecule has 0 atom stereocenters. The number of rotatable bonds is 9. The van der Waals surface area contributed by atoms with Gasteiger partial charge in [0, 0.05) is 36.0 Å². The molecule has 0 aliphatic rings. The van der Waals surface area contributed by atoms with Crippen molar-refractivity contribution in [1.82, 2.24) is 19.6 Å². The standard InChI is InChI=1S/C16H13N5O7S.C16H13N5O4.Cr/c1-9-14(16(23)20(19-9)10-5-3-2-4-6-10)18-17-12-7-11(21(24)25)8-13(15(12)22)29(26,27)28;1-10-15(16(23)20(19-10)11-5-3-2-4-6-11)18-17-13-9-12(21(24)25)7-8-14(13)22;/h2-8,22-23H,1H3,(H,26,27,28);2-9,22-23H,1H3;/q;;+3/p-3. The maximum absolute atomic E-state index is 12.5. The van der Waals surface area contributed by atoms with E-state index in [4.69, 9.17) is 0 Å². The van der Waals surface area contributed by atoms with Gasteiger partial charge >= 0.3 is 20.2 Å². The molecule has 0 aliphatic carbocycles. The Morgan fingerprint density at radius 1 is 0.636 bits per heavy atom. The molecule has 0 saturated carbocycles. The first kappa shape index (κ1) is 40.7. The second-order valence-corrected chi connectivity index (χ2v) is 12.1. The molecule has 1 radical (unpaired) electrons. The summed E-state index contributed by atoms with van der Waals surface area (Å²) < 4.78 is 35.8. The second kappa shape index (κ2) is 16.7. The number of aryl methyl sites for hydroxylation is 2. The molecule has 6 aromatic rings. The van der Waals surface area contributed by atoms with E-state index < -0.39 is 59.5 Å². The Labute approximate surface area is 323 Å². The number of hydrogen-bond acceptors (Lipinski definition) is 17. The molecule has 0 spiro atoms. The summed E-state index contributed by atoms with van der Waals surface area (Å²) in [6.07, 6.45) is 0. The normalized spacial score (nSPS) is 11.3. The van der Waals surface area contributed by atoms with Crippen molar-refractivity contribution in [2.75, 3.05) is 0 Å². The number of nitro groups is 2. The Morgan fingerprint density at radius 3 is 1.51 bits per heavy atom. The van der Waals surface area contributed by atoms with Crippen molar-refractivity contribution in [3.63, 3.8) is 0 Å². The SMILES string of the molecule is Cc1nn(-c2ccccc2)c([O-])c1N=Nc1cc([N+](=O)[O-])cc(S(=O)(=O)[O-])c1[O-].Cc1nn(-c2ccccc2)c([O-])c1N=Nc1cc([N+](=O)[O-])ccc1[O-].[Cr+3].[H+].[H+]. The predicted octanol–water partition coefficient (Wildman–Crippen LogP) is 4.43. The van der Waals surface area contributed by atoms with E-state index in [9.17, 15) is 53.6 Å². The maximum Gasteiger partial charge on any atom is 3.00 e. The minimum Gasteiger partial charge on any atom is -0.871 e. The van der Waals surface area contributed by atoms with Crippen LogP contribution in [0.25, 0.3) is 11.4 Å². The Balaban J connectivity index is 0.000000377. The molecule has 55 heavy (non-hydrogen) atoms. The Kier molecular flexibility index (Phi) is 12.4. The first-order valence-electron chi connectivity index (χ1n) is 14.9. The van der Waals surface area contributed by atoms with Gasteiger partial charge in [0.15, 0.2) is 0 Å². The predicted molar refractivity (Wildman–Crippen MR) is 179 cm³/mol. The Hall–Kier alpha value is -7.06. The molecular formula is C32H23CrN10O11S. The molecule has 6 rings (SSSR count). The third kappa shape index (κ3) is 9.12. The number of nitro benzene ring substituents is 2. The summed E-state index contributed by atoms with van der Waals surface area (Å²) in [5.41, 5.74) is -0.924. The van der Waals surface area contributed by atoms with E-state index in [1.54, 1.807) is 61.5 Å². The van der Waals surface area contributed by atoms with Crippen LogP contribution in [-0.2, 0) is 27.5 Å². The smallest absolute Gasteiger partial charge is 0.871 e. The van der Waals surface area contributed by atoms with Crippen LogP contribution in [0.2, 0.25) is 0 Å². The summed E-state index contributed by atoms with van der Waals surface area (Å²) in [5, 5.41) is 93.3. The molecule has 4 aromatic carbocycles. The Morgan fingerprint density at radius 2 is 1.07 bits per heavy atom. The number of para-hydroxylation sites is 2.